The first-order valence-corrected chi connectivity index (χ1v) is 6.28. The third-order valence-corrected chi connectivity index (χ3v) is 3.36. The van der Waals surface area contributed by atoms with Crippen molar-refractivity contribution in [2.75, 3.05) is 6.54 Å². The monoisotopic (exact) mass is 251 g/mol. The first-order chi connectivity index (χ1) is 8.31. The van der Waals surface area contributed by atoms with Crippen molar-refractivity contribution in [1.82, 2.24) is 15.3 Å². The molecule has 2 N–H and O–H groups in total. The Kier molecular flexibility index (Phi) is 4.17. The van der Waals surface area contributed by atoms with Crippen LogP contribution in [0.4, 0.5) is 4.39 Å². The van der Waals surface area contributed by atoms with E-state index in [-0.39, 0.29) is 5.82 Å². The molecule has 17 heavy (non-hydrogen) atoms. The molecule has 2 rings (SSSR count). The fourth-order valence-corrected chi connectivity index (χ4v) is 2.34. The second kappa shape index (κ2) is 5.84. The number of imidazole rings is 1. The average molecular weight is 251 g/mol. The van der Waals surface area contributed by atoms with E-state index in [0.29, 0.717) is 16.6 Å². The van der Waals surface area contributed by atoms with Gasteiger partial charge in [0.2, 0.25) is 0 Å². The van der Waals surface area contributed by atoms with Gasteiger partial charge in [0.05, 0.1) is 4.90 Å². The van der Waals surface area contributed by atoms with Crippen LogP contribution in [0.5, 0.6) is 0 Å². The van der Waals surface area contributed by atoms with Gasteiger partial charge in [0, 0.05) is 18.9 Å². The van der Waals surface area contributed by atoms with E-state index in [9.17, 15) is 4.39 Å². The fraction of sp³-hybridized carbons (Fsp3) is 0.250. The molecule has 1 aromatic heterocycles. The summed E-state index contributed by atoms with van der Waals surface area (Å²) in [7, 11) is 0. The van der Waals surface area contributed by atoms with E-state index in [0.717, 1.165) is 12.1 Å². The van der Waals surface area contributed by atoms with Crippen molar-refractivity contribution >= 4 is 11.8 Å². The molecule has 90 valence electrons. The number of halogens is 1. The molecule has 1 heterocycles. The van der Waals surface area contributed by atoms with Crippen LogP contribution in [-0.4, -0.2) is 16.5 Å². The van der Waals surface area contributed by atoms with Crippen molar-refractivity contribution in [2.45, 2.75) is 23.5 Å². The Bertz CT molecular complexity index is 471. The second-order valence-electron chi connectivity index (χ2n) is 3.50. The quantitative estimate of drug-likeness (QED) is 0.858. The number of hydrogen-bond acceptors (Lipinski definition) is 3. The normalized spacial score (nSPS) is 10.7. The summed E-state index contributed by atoms with van der Waals surface area (Å²) in [5, 5.41) is 3.90. The van der Waals surface area contributed by atoms with Crippen LogP contribution < -0.4 is 5.32 Å². The van der Waals surface area contributed by atoms with Crippen molar-refractivity contribution in [2.24, 2.45) is 0 Å². The maximum absolute atomic E-state index is 13.8. The van der Waals surface area contributed by atoms with Gasteiger partial charge < -0.3 is 10.3 Å². The van der Waals surface area contributed by atoms with Crippen molar-refractivity contribution < 1.29 is 4.39 Å². The molecule has 0 amide bonds. The largest absolute Gasteiger partial charge is 0.339 e. The van der Waals surface area contributed by atoms with Gasteiger partial charge in [-0.15, -0.1) is 0 Å². The number of nitrogens with zero attached hydrogens (tertiary/aromatic N) is 1. The SMILES string of the molecule is CCNCc1cccc(F)c1Sc1ncc[nH]1. The van der Waals surface area contributed by atoms with E-state index in [2.05, 4.69) is 15.3 Å². The van der Waals surface area contributed by atoms with Crippen LogP contribution in [0.25, 0.3) is 0 Å². The first-order valence-electron chi connectivity index (χ1n) is 5.46. The van der Waals surface area contributed by atoms with Crippen LogP contribution in [0.1, 0.15) is 12.5 Å². The predicted molar refractivity (Wildman–Crippen MR) is 66.5 cm³/mol. The Balaban J connectivity index is 2.24. The van der Waals surface area contributed by atoms with Gasteiger partial charge in [-0.05, 0) is 29.9 Å². The Labute approximate surface area is 104 Å². The van der Waals surface area contributed by atoms with E-state index in [1.807, 2.05) is 13.0 Å². The van der Waals surface area contributed by atoms with E-state index in [1.165, 1.54) is 17.8 Å². The molecule has 0 atom stereocenters. The zero-order valence-electron chi connectivity index (χ0n) is 9.53. The van der Waals surface area contributed by atoms with Crippen LogP contribution in [0.2, 0.25) is 0 Å². The second-order valence-corrected chi connectivity index (χ2v) is 4.50. The lowest BCUT2D eigenvalue weighted by Crippen LogP contribution is -2.12. The molecule has 0 spiro atoms. The number of benzene rings is 1. The highest BCUT2D eigenvalue weighted by Crippen LogP contribution is 2.30. The Hall–Kier alpha value is -1.33. The molecule has 5 heteroatoms. The number of rotatable bonds is 5. The lowest BCUT2D eigenvalue weighted by molar-refractivity contribution is 0.591. The van der Waals surface area contributed by atoms with Crippen LogP contribution in [0.15, 0.2) is 40.6 Å². The highest BCUT2D eigenvalue weighted by molar-refractivity contribution is 7.99. The molecule has 0 aliphatic heterocycles. The summed E-state index contributed by atoms with van der Waals surface area (Å²) in [5.41, 5.74) is 0.952. The summed E-state index contributed by atoms with van der Waals surface area (Å²) in [6, 6.07) is 5.13. The highest BCUT2D eigenvalue weighted by Gasteiger charge is 2.10. The highest BCUT2D eigenvalue weighted by atomic mass is 32.2. The molecule has 0 saturated heterocycles. The number of aromatic nitrogens is 2. The van der Waals surface area contributed by atoms with Gasteiger partial charge in [0.25, 0.3) is 0 Å². The lowest BCUT2D eigenvalue weighted by Gasteiger charge is -2.09. The molecular formula is C12H14FN3S. The molecule has 2 aromatic rings. The van der Waals surface area contributed by atoms with Gasteiger partial charge in [0.15, 0.2) is 5.16 Å². The maximum atomic E-state index is 13.8. The van der Waals surface area contributed by atoms with E-state index in [1.54, 1.807) is 18.5 Å². The van der Waals surface area contributed by atoms with Gasteiger partial charge in [-0.2, -0.15) is 0 Å². The van der Waals surface area contributed by atoms with E-state index >= 15 is 0 Å². The predicted octanol–water partition coefficient (Wildman–Crippen LogP) is 2.81. The van der Waals surface area contributed by atoms with Crippen molar-refractivity contribution in [3.8, 4) is 0 Å². The summed E-state index contributed by atoms with van der Waals surface area (Å²) in [5.74, 6) is -0.207. The molecule has 0 saturated carbocycles. The minimum atomic E-state index is -0.207. The van der Waals surface area contributed by atoms with Crippen molar-refractivity contribution in [3.63, 3.8) is 0 Å². The van der Waals surface area contributed by atoms with Gasteiger partial charge in [-0.3, -0.25) is 0 Å². The van der Waals surface area contributed by atoms with Crippen LogP contribution in [0.3, 0.4) is 0 Å². The zero-order chi connectivity index (χ0) is 12.1. The molecule has 0 aliphatic carbocycles. The molecule has 3 nitrogen and oxygen atoms in total. The van der Waals surface area contributed by atoms with Crippen molar-refractivity contribution in [1.29, 1.82) is 0 Å². The maximum Gasteiger partial charge on any atom is 0.170 e. The fourth-order valence-electron chi connectivity index (χ4n) is 1.47. The number of aromatic amines is 1. The van der Waals surface area contributed by atoms with Crippen LogP contribution in [0, 0.1) is 5.82 Å². The Morgan fingerprint density at radius 1 is 1.47 bits per heavy atom. The third kappa shape index (κ3) is 3.08. The molecule has 1 aromatic carbocycles. The smallest absolute Gasteiger partial charge is 0.170 e. The number of nitrogens with one attached hydrogen (secondary N) is 2. The molecule has 0 fully saturated rings. The van der Waals surface area contributed by atoms with E-state index < -0.39 is 0 Å². The summed E-state index contributed by atoms with van der Waals surface area (Å²) in [4.78, 5) is 7.68. The van der Waals surface area contributed by atoms with Gasteiger partial charge in [-0.1, -0.05) is 19.1 Å². The zero-order valence-corrected chi connectivity index (χ0v) is 10.4. The first kappa shape index (κ1) is 12.1. The van der Waals surface area contributed by atoms with Crippen molar-refractivity contribution in [3.05, 3.63) is 42.0 Å². The van der Waals surface area contributed by atoms with Gasteiger partial charge in [-0.25, -0.2) is 9.37 Å². The molecule has 0 bridgehead atoms. The van der Waals surface area contributed by atoms with E-state index in [4.69, 9.17) is 0 Å². The molecular weight excluding hydrogens is 237 g/mol. The number of hydrogen-bond donors (Lipinski definition) is 2. The summed E-state index contributed by atoms with van der Waals surface area (Å²) in [6.07, 6.45) is 3.39. The Morgan fingerprint density at radius 2 is 2.35 bits per heavy atom. The summed E-state index contributed by atoms with van der Waals surface area (Å²) in [6.45, 7) is 3.55. The molecule has 0 unspecified atom stereocenters. The summed E-state index contributed by atoms with van der Waals surface area (Å²) >= 11 is 1.32. The third-order valence-electron chi connectivity index (χ3n) is 2.29. The molecule has 0 radical (unpaired) electrons. The number of H-pyrrole nitrogens is 1. The van der Waals surface area contributed by atoms with Gasteiger partial charge in [0.1, 0.15) is 5.82 Å². The average Bonchev–Trinajstić information content (AvgIpc) is 2.83. The van der Waals surface area contributed by atoms with Crippen LogP contribution >= 0.6 is 11.8 Å². The summed E-state index contributed by atoms with van der Waals surface area (Å²) < 4.78 is 13.8. The lowest BCUT2D eigenvalue weighted by atomic mass is 10.2. The van der Waals surface area contributed by atoms with Gasteiger partial charge >= 0.3 is 0 Å². The minimum absolute atomic E-state index is 0.207. The van der Waals surface area contributed by atoms with Crippen LogP contribution in [-0.2, 0) is 6.54 Å². The topological polar surface area (TPSA) is 40.7 Å². The standard InChI is InChI=1S/C12H14FN3S/c1-2-14-8-9-4-3-5-10(13)11(9)17-12-15-6-7-16-12/h3-7,14H,2,8H2,1H3,(H,15,16). The molecule has 0 aliphatic rings. The minimum Gasteiger partial charge on any atom is -0.339 e. The Morgan fingerprint density at radius 3 is 3.06 bits per heavy atom.